The van der Waals surface area contributed by atoms with Crippen molar-refractivity contribution in [3.63, 3.8) is 0 Å². The number of hydrogen-bond acceptors (Lipinski definition) is 5. The fourth-order valence-corrected chi connectivity index (χ4v) is 7.51. The van der Waals surface area contributed by atoms with Crippen LogP contribution in [0.3, 0.4) is 0 Å². The van der Waals surface area contributed by atoms with E-state index < -0.39 is 48.4 Å². The van der Waals surface area contributed by atoms with E-state index >= 15 is 0 Å². The molecular weight excluding hydrogens is 486 g/mol. The fraction of sp³-hybridized carbons (Fsp3) is 0.500. The average Bonchev–Trinajstić information content (AvgIpc) is 2.51. The van der Waals surface area contributed by atoms with E-state index in [4.69, 9.17) is 9.47 Å². The second-order valence-corrected chi connectivity index (χ2v) is 21.5. The van der Waals surface area contributed by atoms with Crippen molar-refractivity contribution >= 4 is 39.8 Å². The van der Waals surface area contributed by atoms with E-state index in [2.05, 4.69) is 14.8 Å². The predicted molar refractivity (Wildman–Crippen MR) is 99.1 cm³/mol. The summed E-state index contributed by atoms with van der Waals surface area (Å²) in [6, 6.07) is 3.37. The van der Waals surface area contributed by atoms with Crippen molar-refractivity contribution < 1.29 is 37.0 Å². The van der Waals surface area contributed by atoms with Crippen LogP contribution in [0.5, 0.6) is 5.75 Å². The molecule has 28 heavy (non-hydrogen) atoms. The van der Waals surface area contributed by atoms with Gasteiger partial charge in [0.1, 0.15) is 0 Å². The van der Waals surface area contributed by atoms with Gasteiger partial charge in [-0.15, -0.1) is 0 Å². The van der Waals surface area contributed by atoms with E-state index in [0.29, 0.717) is 5.56 Å². The number of hydrogen-bond donors (Lipinski definition) is 1. The third-order valence-electron chi connectivity index (χ3n) is 3.70. The van der Waals surface area contributed by atoms with Gasteiger partial charge in [-0.1, -0.05) is 0 Å². The predicted octanol–water partition coefficient (Wildman–Crippen LogP) is 2.31. The maximum atomic E-state index is 12.7. The summed E-state index contributed by atoms with van der Waals surface area (Å²) in [6.07, 6.45) is -5.34. The third kappa shape index (κ3) is 7.33. The van der Waals surface area contributed by atoms with Gasteiger partial charge in [0.25, 0.3) is 0 Å². The Hall–Kier alpha value is -1.78. The van der Waals surface area contributed by atoms with Crippen LogP contribution < -0.4 is 13.6 Å². The van der Waals surface area contributed by atoms with E-state index in [-0.39, 0.29) is 18.8 Å². The van der Waals surface area contributed by atoms with Crippen molar-refractivity contribution in [3.05, 3.63) is 23.8 Å². The molecule has 0 radical (unpaired) electrons. The molecule has 0 aromatic heterocycles. The zero-order chi connectivity index (χ0) is 21.7. The van der Waals surface area contributed by atoms with Crippen LogP contribution in [-0.4, -0.2) is 55.0 Å². The first-order valence-corrected chi connectivity index (χ1v) is 18.6. The number of halogens is 3. The number of alkyl halides is 3. The topological polar surface area (TPSA) is 81.7 Å². The van der Waals surface area contributed by atoms with Crippen LogP contribution >= 0.6 is 0 Å². The fourth-order valence-electron chi connectivity index (χ4n) is 2.60. The van der Waals surface area contributed by atoms with E-state index in [1.54, 1.807) is 17.4 Å². The monoisotopic (exact) mass is 511 g/mol. The molecule has 1 aromatic carbocycles. The van der Waals surface area contributed by atoms with Gasteiger partial charge in [-0.2, -0.15) is 0 Å². The van der Waals surface area contributed by atoms with Crippen molar-refractivity contribution in [1.82, 2.24) is 5.32 Å². The molecule has 1 amide bonds. The molecule has 1 N–H and O–H groups in total. The number of amides is 1. The summed E-state index contributed by atoms with van der Waals surface area (Å²) in [5.41, 5.74) is 0.544. The number of carbonyl (C=O) groups excluding carboxylic acids is 3. The minimum atomic E-state index is -5.13. The standard InChI is InChI=1S/C15H15F3NO5.3CH3.Sn/c1-3-23-13(21)12(19-14(22)15(16,17)18)8-10-5-4-6-11(7-10)24-9(2)20;;;;/h4,6-7,12H,3,8H2,1-2H3,(H,19,22);3*1H3;/t12-;;;;/m0..../s1. The quantitative estimate of drug-likeness (QED) is 0.346. The van der Waals surface area contributed by atoms with Crippen molar-refractivity contribution in [3.8, 4) is 5.75 Å². The summed E-state index contributed by atoms with van der Waals surface area (Å²) in [4.78, 5) is 41.0. The van der Waals surface area contributed by atoms with Crippen molar-refractivity contribution in [2.24, 2.45) is 0 Å². The maximum absolute atomic E-state index is 12.7. The molecule has 0 spiro atoms. The average molecular weight is 510 g/mol. The van der Waals surface area contributed by atoms with Crippen molar-refractivity contribution in [2.75, 3.05) is 6.61 Å². The molecule has 0 bridgehead atoms. The molecular formula is C18H24F3NO5Sn. The van der Waals surface area contributed by atoms with E-state index in [0.717, 1.165) is 3.58 Å². The van der Waals surface area contributed by atoms with E-state index in [1.807, 2.05) is 0 Å². The van der Waals surface area contributed by atoms with Gasteiger partial charge in [0, 0.05) is 0 Å². The Morgan fingerprint density at radius 2 is 1.79 bits per heavy atom. The number of ether oxygens (including phenoxy) is 2. The van der Waals surface area contributed by atoms with Crippen LogP contribution in [0.2, 0.25) is 14.8 Å². The molecule has 6 nitrogen and oxygen atoms in total. The second kappa shape index (κ2) is 9.62. The van der Waals surface area contributed by atoms with Gasteiger partial charge in [0.05, 0.1) is 0 Å². The summed E-state index contributed by atoms with van der Waals surface area (Å²) in [6.45, 7) is 2.69. The second-order valence-electron chi connectivity index (χ2n) is 7.14. The Kier molecular flexibility index (Phi) is 8.33. The molecule has 0 unspecified atom stereocenters. The van der Waals surface area contributed by atoms with Crippen LogP contribution in [-0.2, 0) is 25.5 Å². The number of carbonyl (C=O) groups is 3. The first-order chi connectivity index (χ1) is 12.8. The molecule has 0 heterocycles. The van der Waals surface area contributed by atoms with Crippen LogP contribution in [0.4, 0.5) is 13.2 Å². The molecule has 10 heteroatoms. The molecule has 0 saturated carbocycles. The van der Waals surface area contributed by atoms with Gasteiger partial charge in [-0.05, 0) is 0 Å². The van der Waals surface area contributed by atoms with Crippen LogP contribution in [0.25, 0.3) is 0 Å². The van der Waals surface area contributed by atoms with Gasteiger partial charge >= 0.3 is 166 Å². The Labute approximate surface area is 165 Å². The summed E-state index contributed by atoms with van der Waals surface area (Å²) in [5, 5.41) is 1.71. The number of rotatable bonds is 7. The molecule has 0 fully saturated rings. The van der Waals surface area contributed by atoms with Gasteiger partial charge in [0.2, 0.25) is 0 Å². The zero-order valence-electron chi connectivity index (χ0n) is 16.4. The van der Waals surface area contributed by atoms with Crippen molar-refractivity contribution in [1.29, 1.82) is 0 Å². The molecule has 0 aliphatic rings. The zero-order valence-corrected chi connectivity index (χ0v) is 19.3. The van der Waals surface area contributed by atoms with Gasteiger partial charge < -0.3 is 0 Å². The Morgan fingerprint density at radius 1 is 1.18 bits per heavy atom. The molecule has 0 saturated heterocycles. The van der Waals surface area contributed by atoms with Crippen LogP contribution in [0.15, 0.2) is 18.2 Å². The van der Waals surface area contributed by atoms with E-state index in [9.17, 15) is 27.6 Å². The molecule has 1 atom stereocenters. The number of benzene rings is 1. The van der Waals surface area contributed by atoms with Crippen LogP contribution in [0.1, 0.15) is 19.4 Å². The van der Waals surface area contributed by atoms with Crippen LogP contribution in [0, 0.1) is 0 Å². The first kappa shape index (κ1) is 24.3. The summed E-state index contributed by atoms with van der Waals surface area (Å²) >= 11 is -2.76. The molecule has 1 aromatic rings. The Bertz CT molecular complexity index is 744. The number of nitrogens with one attached hydrogen (secondary N) is 1. The SMILES string of the molecule is CCOC(=O)[C@H](Cc1cc(OC(C)=O)cc[c]1[Sn]([CH3])([CH3])[CH3])NC(=O)C(F)(F)F. The molecule has 156 valence electrons. The van der Waals surface area contributed by atoms with Crippen molar-refractivity contribution in [2.45, 2.75) is 47.3 Å². The number of esters is 2. The van der Waals surface area contributed by atoms with E-state index in [1.165, 1.54) is 19.9 Å². The molecule has 1 rings (SSSR count). The van der Waals surface area contributed by atoms with Gasteiger partial charge in [0.15, 0.2) is 0 Å². The normalized spacial score (nSPS) is 12.9. The Morgan fingerprint density at radius 3 is 2.25 bits per heavy atom. The van der Waals surface area contributed by atoms with Gasteiger partial charge in [-0.25, -0.2) is 0 Å². The Balaban J connectivity index is 3.32. The summed E-state index contributed by atoms with van der Waals surface area (Å²) in [5.74, 6) is -3.52. The summed E-state index contributed by atoms with van der Waals surface area (Å²) in [7, 11) is 0. The first-order valence-electron chi connectivity index (χ1n) is 8.61. The molecule has 0 aliphatic heterocycles. The summed E-state index contributed by atoms with van der Waals surface area (Å²) < 4.78 is 48.8. The minimum absolute atomic E-state index is 0.0456. The molecule has 0 aliphatic carbocycles. The van der Waals surface area contributed by atoms with Gasteiger partial charge in [-0.3, -0.25) is 0 Å². The third-order valence-corrected chi connectivity index (χ3v) is 9.71.